The van der Waals surface area contributed by atoms with Crippen molar-refractivity contribution in [2.45, 2.75) is 13.0 Å². The van der Waals surface area contributed by atoms with Crippen molar-refractivity contribution < 1.29 is 8.78 Å². The number of anilines is 1. The van der Waals surface area contributed by atoms with Crippen LogP contribution >= 0.6 is 11.6 Å². The van der Waals surface area contributed by atoms with Gasteiger partial charge < -0.3 is 5.32 Å². The Hall–Kier alpha value is -1.61. The largest absolute Gasteiger partial charge is 0.378 e. The van der Waals surface area contributed by atoms with Gasteiger partial charge in [0.05, 0.1) is 6.04 Å². The van der Waals surface area contributed by atoms with Crippen LogP contribution in [0.25, 0.3) is 0 Å². The molecule has 0 aliphatic rings. The Morgan fingerprint density at radius 2 is 1.89 bits per heavy atom. The molecule has 2 aromatic carbocycles. The molecule has 0 bridgehead atoms. The molecule has 1 nitrogen and oxygen atoms in total. The van der Waals surface area contributed by atoms with Gasteiger partial charge in [0, 0.05) is 22.3 Å². The molecular formula is C14H12ClF2N. The van der Waals surface area contributed by atoms with Crippen molar-refractivity contribution in [1.82, 2.24) is 0 Å². The maximum atomic E-state index is 13.6. The molecular weight excluding hydrogens is 256 g/mol. The van der Waals surface area contributed by atoms with Crippen LogP contribution in [-0.2, 0) is 0 Å². The highest BCUT2D eigenvalue weighted by molar-refractivity contribution is 6.30. The summed E-state index contributed by atoms with van der Waals surface area (Å²) >= 11 is 5.86. The molecule has 2 rings (SSSR count). The first-order valence-electron chi connectivity index (χ1n) is 5.53. The second-order valence-electron chi connectivity index (χ2n) is 4.04. The molecule has 4 heteroatoms. The molecule has 94 valence electrons. The highest BCUT2D eigenvalue weighted by atomic mass is 35.5. The smallest absolute Gasteiger partial charge is 0.131 e. The van der Waals surface area contributed by atoms with E-state index >= 15 is 0 Å². The Morgan fingerprint density at radius 3 is 2.56 bits per heavy atom. The summed E-state index contributed by atoms with van der Waals surface area (Å²) in [5.41, 5.74) is 1.20. The van der Waals surface area contributed by atoms with Crippen LogP contribution in [0.15, 0.2) is 42.5 Å². The normalized spacial score (nSPS) is 12.2. The quantitative estimate of drug-likeness (QED) is 0.843. The second kappa shape index (κ2) is 5.36. The molecule has 0 saturated carbocycles. The van der Waals surface area contributed by atoms with Crippen molar-refractivity contribution in [3.05, 3.63) is 64.7 Å². The third-order valence-corrected chi connectivity index (χ3v) is 2.87. The summed E-state index contributed by atoms with van der Waals surface area (Å²) in [6, 6.07) is 10.4. The fraction of sp³-hybridized carbons (Fsp3) is 0.143. The molecule has 0 amide bonds. The number of rotatable bonds is 3. The van der Waals surface area contributed by atoms with E-state index in [1.165, 1.54) is 12.1 Å². The predicted molar refractivity (Wildman–Crippen MR) is 69.8 cm³/mol. The molecule has 0 spiro atoms. The number of nitrogens with one attached hydrogen (secondary N) is 1. The van der Waals surface area contributed by atoms with E-state index in [4.69, 9.17) is 11.6 Å². The number of hydrogen-bond donors (Lipinski definition) is 1. The van der Waals surface area contributed by atoms with Crippen LogP contribution in [0, 0.1) is 11.6 Å². The molecule has 0 fully saturated rings. The van der Waals surface area contributed by atoms with E-state index in [-0.39, 0.29) is 6.04 Å². The Bertz CT molecular complexity index is 557. The third-order valence-electron chi connectivity index (χ3n) is 2.64. The van der Waals surface area contributed by atoms with Gasteiger partial charge >= 0.3 is 0 Å². The van der Waals surface area contributed by atoms with Gasteiger partial charge in [-0.3, -0.25) is 0 Å². The van der Waals surface area contributed by atoms with E-state index in [1.807, 2.05) is 6.07 Å². The first-order chi connectivity index (χ1) is 8.56. The number of benzene rings is 2. The molecule has 18 heavy (non-hydrogen) atoms. The van der Waals surface area contributed by atoms with Crippen molar-refractivity contribution in [1.29, 1.82) is 0 Å². The Balaban J connectivity index is 2.19. The van der Waals surface area contributed by atoms with Crippen LogP contribution in [0.4, 0.5) is 14.5 Å². The lowest BCUT2D eigenvalue weighted by Gasteiger charge is -2.16. The van der Waals surface area contributed by atoms with Crippen LogP contribution in [0.2, 0.25) is 5.02 Å². The van der Waals surface area contributed by atoms with Crippen molar-refractivity contribution in [2.24, 2.45) is 0 Å². The second-order valence-corrected chi connectivity index (χ2v) is 4.48. The lowest BCUT2D eigenvalue weighted by atomic mass is 10.1. The summed E-state index contributed by atoms with van der Waals surface area (Å²) in [6.45, 7) is 1.80. The average molecular weight is 268 g/mol. The lowest BCUT2D eigenvalue weighted by molar-refractivity contribution is 0.566. The zero-order valence-electron chi connectivity index (χ0n) is 9.75. The van der Waals surface area contributed by atoms with E-state index in [0.29, 0.717) is 10.6 Å². The zero-order valence-corrected chi connectivity index (χ0v) is 10.5. The predicted octanol–water partition coefficient (Wildman–Crippen LogP) is 4.79. The summed E-state index contributed by atoms with van der Waals surface area (Å²) in [5.74, 6) is -1.14. The SMILES string of the molecule is CC(Nc1cccc(Cl)c1)c1ccc(F)cc1F. The van der Waals surface area contributed by atoms with E-state index in [2.05, 4.69) is 5.32 Å². The minimum atomic E-state index is -0.578. The summed E-state index contributed by atoms with van der Waals surface area (Å²) in [5, 5.41) is 3.72. The minimum absolute atomic E-state index is 0.274. The van der Waals surface area contributed by atoms with Crippen LogP contribution in [0.3, 0.4) is 0 Å². The van der Waals surface area contributed by atoms with Gasteiger partial charge in [-0.1, -0.05) is 23.7 Å². The molecule has 1 atom stereocenters. The molecule has 0 aliphatic carbocycles. The van der Waals surface area contributed by atoms with Crippen LogP contribution < -0.4 is 5.32 Å². The first-order valence-corrected chi connectivity index (χ1v) is 5.91. The van der Waals surface area contributed by atoms with E-state index in [1.54, 1.807) is 25.1 Å². The van der Waals surface area contributed by atoms with Crippen LogP contribution in [0.1, 0.15) is 18.5 Å². The molecule has 1 unspecified atom stereocenters. The van der Waals surface area contributed by atoms with Gasteiger partial charge in [0.2, 0.25) is 0 Å². The fourth-order valence-corrected chi connectivity index (χ4v) is 1.95. The van der Waals surface area contributed by atoms with E-state index < -0.39 is 11.6 Å². The van der Waals surface area contributed by atoms with Crippen LogP contribution in [-0.4, -0.2) is 0 Å². The van der Waals surface area contributed by atoms with E-state index in [0.717, 1.165) is 11.8 Å². The Kier molecular flexibility index (Phi) is 3.82. The van der Waals surface area contributed by atoms with Crippen molar-refractivity contribution in [3.63, 3.8) is 0 Å². The highest BCUT2D eigenvalue weighted by Gasteiger charge is 2.11. The molecule has 0 saturated heterocycles. The average Bonchev–Trinajstić information content (AvgIpc) is 2.28. The maximum Gasteiger partial charge on any atom is 0.131 e. The maximum absolute atomic E-state index is 13.6. The number of hydrogen-bond acceptors (Lipinski definition) is 1. The first kappa shape index (κ1) is 12.8. The van der Waals surface area contributed by atoms with Crippen molar-refractivity contribution >= 4 is 17.3 Å². The summed E-state index contributed by atoms with van der Waals surface area (Å²) in [7, 11) is 0. The third kappa shape index (κ3) is 2.99. The van der Waals surface area contributed by atoms with Gasteiger partial charge in [-0.15, -0.1) is 0 Å². The summed E-state index contributed by atoms with van der Waals surface area (Å²) in [4.78, 5) is 0. The van der Waals surface area contributed by atoms with Gasteiger partial charge in [0.25, 0.3) is 0 Å². The molecule has 0 heterocycles. The number of halogens is 3. The lowest BCUT2D eigenvalue weighted by Crippen LogP contribution is -2.08. The zero-order chi connectivity index (χ0) is 13.1. The van der Waals surface area contributed by atoms with E-state index in [9.17, 15) is 8.78 Å². The van der Waals surface area contributed by atoms with Crippen molar-refractivity contribution in [2.75, 3.05) is 5.32 Å². The summed E-state index contributed by atoms with van der Waals surface area (Å²) in [6.07, 6.45) is 0. The summed E-state index contributed by atoms with van der Waals surface area (Å²) < 4.78 is 26.4. The topological polar surface area (TPSA) is 12.0 Å². The molecule has 2 aromatic rings. The molecule has 0 aromatic heterocycles. The minimum Gasteiger partial charge on any atom is -0.378 e. The van der Waals surface area contributed by atoms with Gasteiger partial charge in [0.1, 0.15) is 11.6 Å². The standard InChI is InChI=1S/C14H12ClF2N/c1-9(13-6-5-11(16)8-14(13)17)18-12-4-2-3-10(15)7-12/h2-9,18H,1H3. The monoisotopic (exact) mass is 267 g/mol. The van der Waals surface area contributed by atoms with Crippen molar-refractivity contribution in [3.8, 4) is 0 Å². The molecule has 0 radical (unpaired) electrons. The van der Waals surface area contributed by atoms with Gasteiger partial charge in [-0.05, 0) is 31.2 Å². The Labute approximate surface area is 109 Å². The fourth-order valence-electron chi connectivity index (χ4n) is 1.76. The molecule has 1 N–H and O–H groups in total. The highest BCUT2D eigenvalue weighted by Crippen LogP contribution is 2.23. The van der Waals surface area contributed by atoms with Gasteiger partial charge in [-0.25, -0.2) is 8.78 Å². The van der Waals surface area contributed by atoms with Gasteiger partial charge in [-0.2, -0.15) is 0 Å². The van der Waals surface area contributed by atoms with Gasteiger partial charge in [0.15, 0.2) is 0 Å². The van der Waals surface area contributed by atoms with Crippen LogP contribution in [0.5, 0.6) is 0 Å². The Morgan fingerprint density at radius 1 is 1.11 bits per heavy atom. The molecule has 0 aliphatic heterocycles.